The van der Waals surface area contributed by atoms with Gasteiger partial charge in [-0.3, -0.25) is 38.4 Å². The van der Waals surface area contributed by atoms with E-state index in [-0.39, 0.29) is 62.1 Å². The largest absolute Gasteiger partial charge is 0.481 e. The summed E-state index contributed by atoms with van der Waals surface area (Å²) in [6.45, 7) is 5.82. The smallest absolute Gasteiger partial charge is 0.326 e. The molecule has 83 heavy (non-hydrogen) atoms. The van der Waals surface area contributed by atoms with Gasteiger partial charge < -0.3 is 46.7 Å². The van der Waals surface area contributed by atoms with E-state index in [0.29, 0.717) is 19.3 Å². The van der Waals surface area contributed by atoms with Crippen molar-refractivity contribution < 1.29 is 62.8 Å². The summed E-state index contributed by atoms with van der Waals surface area (Å²) in [6.07, 6.45) is 40.8. The lowest BCUT2D eigenvalue weighted by Crippen LogP contribution is -2.54. The molecule has 4 atom stereocenters. The first-order valence-electron chi connectivity index (χ1n) is 33.0. The number of nitrogens with one attached hydrogen (secondary N) is 4. The number of primary amides is 1. The van der Waals surface area contributed by atoms with E-state index in [2.05, 4.69) is 42.0 Å². The number of aliphatic carboxylic acids is 2. The van der Waals surface area contributed by atoms with Crippen LogP contribution in [0.25, 0.3) is 0 Å². The molecular weight excluding hydrogens is 1080 g/mol. The van der Waals surface area contributed by atoms with Gasteiger partial charge in [0.2, 0.25) is 29.5 Å². The molecule has 0 radical (unpaired) electrons. The highest BCUT2D eigenvalue weighted by Crippen LogP contribution is 2.18. The van der Waals surface area contributed by atoms with E-state index in [1.165, 1.54) is 166 Å². The normalized spacial score (nSPS) is 12.6. The lowest BCUT2D eigenvalue weighted by molar-refractivity contribution is -0.157. The number of unbranched alkanes of at least 4 members (excludes halogenated alkanes) is 34. The van der Waals surface area contributed by atoms with Gasteiger partial charge in [0.15, 0.2) is 0 Å². The Morgan fingerprint density at radius 2 is 0.795 bits per heavy atom. The van der Waals surface area contributed by atoms with Crippen molar-refractivity contribution in [3.05, 3.63) is 0 Å². The fourth-order valence-corrected chi connectivity index (χ4v) is 10.8. The van der Waals surface area contributed by atoms with Crippen LogP contribution < -0.4 is 27.0 Å². The number of esters is 2. The maximum Gasteiger partial charge on any atom is 0.326 e. The minimum absolute atomic E-state index is 0.00613. The van der Waals surface area contributed by atoms with E-state index in [1.807, 2.05) is 0 Å². The number of rotatable bonds is 61. The first kappa shape index (κ1) is 78.6. The summed E-state index contributed by atoms with van der Waals surface area (Å²) in [5.74, 6) is -7.22. The summed E-state index contributed by atoms with van der Waals surface area (Å²) < 4.78 is 11.6. The molecule has 0 unspecified atom stereocenters. The van der Waals surface area contributed by atoms with E-state index in [1.54, 1.807) is 0 Å². The number of hydrogen-bond acceptors (Lipinski definition) is 12. The first-order chi connectivity index (χ1) is 40.1. The molecule has 0 aromatic rings. The number of carbonyl (C=O) groups is 9. The zero-order valence-electron chi connectivity index (χ0n) is 52.1. The van der Waals surface area contributed by atoms with Crippen molar-refractivity contribution in [2.75, 3.05) is 24.7 Å². The van der Waals surface area contributed by atoms with Crippen LogP contribution in [0.5, 0.6) is 0 Å². The maximum atomic E-state index is 13.8. The van der Waals surface area contributed by atoms with E-state index in [0.717, 1.165) is 64.2 Å². The lowest BCUT2D eigenvalue weighted by Gasteiger charge is -2.22. The third-order valence-electron chi connectivity index (χ3n) is 15.0. The highest BCUT2D eigenvalue weighted by atomic mass is 32.2. The Bertz CT molecular complexity index is 1720. The van der Waals surface area contributed by atoms with Crippen LogP contribution in [-0.2, 0) is 52.6 Å². The number of ether oxygens (including phenoxy) is 2. The van der Waals surface area contributed by atoms with Crippen LogP contribution >= 0.6 is 11.8 Å². The van der Waals surface area contributed by atoms with Gasteiger partial charge in [0, 0.05) is 43.6 Å². The van der Waals surface area contributed by atoms with Crippen LogP contribution in [0.15, 0.2) is 0 Å². The Hall–Kier alpha value is -4.42. The maximum absolute atomic E-state index is 13.8. The Kier molecular flexibility index (Phi) is 53.7. The van der Waals surface area contributed by atoms with E-state index >= 15 is 0 Å². The van der Waals surface area contributed by atoms with Crippen molar-refractivity contribution in [1.82, 2.24) is 21.3 Å². The van der Waals surface area contributed by atoms with Crippen LogP contribution in [0.3, 0.4) is 0 Å². The van der Waals surface area contributed by atoms with Crippen LogP contribution in [0.1, 0.15) is 303 Å². The first-order valence-corrected chi connectivity index (χ1v) is 34.1. The lowest BCUT2D eigenvalue weighted by atomic mass is 10.0. The van der Waals surface area contributed by atoms with Gasteiger partial charge in [0.05, 0.1) is 6.54 Å². The van der Waals surface area contributed by atoms with Gasteiger partial charge in [-0.2, -0.15) is 11.8 Å². The summed E-state index contributed by atoms with van der Waals surface area (Å²) in [5.41, 5.74) is 5.30. The standard InChI is InChI=1S/C64H117N5O13S/c1-4-7-10-13-16-19-22-24-27-30-33-36-39-42-60(75)81-49-52(82-61(76)43-40-37-34-31-28-25-23-20-17-14-11-8-5-2)50-83-51-55(68-57(71)41-38-35-32-29-26-21-18-15-12-9-6-3)62(77)66-48-58(72)67-53(44-46-56(65)70)63(78)69-54(64(79)80)45-47-59(73)74/h52-55H,4-51H2,1-3H3,(H2,65,70)(H,66,77)(H,67,72)(H,68,71)(H,69,78)(H,73,74)(H,79,80)/t52-,53+,54-,55+/m1/s1. The fourth-order valence-electron chi connectivity index (χ4n) is 9.80. The summed E-state index contributed by atoms with van der Waals surface area (Å²) in [7, 11) is 0. The van der Waals surface area contributed by atoms with Crippen molar-refractivity contribution in [2.45, 2.75) is 328 Å². The molecule has 0 heterocycles. The minimum atomic E-state index is -1.61. The average molecular weight is 1200 g/mol. The molecule has 0 saturated carbocycles. The van der Waals surface area contributed by atoms with E-state index in [4.69, 9.17) is 20.3 Å². The average Bonchev–Trinajstić information content (AvgIpc) is 3.45. The number of thioether (sulfide) groups is 1. The predicted molar refractivity (Wildman–Crippen MR) is 332 cm³/mol. The Morgan fingerprint density at radius 3 is 1.20 bits per heavy atom. The van der Waals surface area contributed by atoms with Crippen molar-refractivity contribution in [1.29, 1.82) is 0 Å². The molecule has 18 nitrogen and oxygen atoms in total. The third kappa shape index (κ3) is 51.7. The highest BCUT2D eigenvalue weighted by Gasteiger charge is 2.29. The molecule has 0 aliphatic carbocycles. The molecule has 0 bridgehead atoms. The zero-order valence-corrected chi connectivity index (χ0v) is 52.9. The van der Waals surface area contributed by atoms with Crippen LogP contribution in [0.4, 0.5) is 0 Å². The SMILES string of the molecule is CCCCCCCCCCCCCCCC(=O)OC[C@H](CSC[C@H](NC(=O)CCCCCCCCCCCCC)C(=O)NCC(=O)N[C@@H](CCC(N)=O)C(=O)N[C@H](CCC(=O)O)C(=O)O)OC(=O)CCCCCCCCCCCCCCC. The van der Waals surface area contributed by atoms with Crippen LogP contribution in [0.2, 0.25) is 0 Å². The van der Waals surface area contributed by atoms with Crippen molar-refractivity contribution >= 4 is 65.2 Å². The zero-order chi connectivity index (χ0) is 61.4. The van der Waals surface area contributed by atoms with Gasteiger partial charge in [-0.1, -0.05) is 239 Å². The molecule has 8 N–H and O–H groups in total. The summed E-state index contributed by atoms with van der Waals surface area (Å²) in [4.78, 5) is 114. The van der Waals surface area contributed by atoms with Gasteiger partial charge in [-0.05, 0) is 32.1 Å². The summed E-state index contributed by atoms with van der Waals surface area (Å²) >= 11 is 1.21. The fraction of sp³-hybridized carbons (Fsp3) is 0.859. The second-order valence-electron chi connectivity index (χ2n) is 22.9. The Morgan fingerprint density at radius 1 is 0.410 bits per heavy atom. The second-order valence-corrected chi connectivity index (χ2v) is 24.0. The minimum Gasteiger partial charge on any atom is -0.481 e. The molecule has 0 spiro atoms. The van der Waals surface area contributed by atoms with Crippen molar-refractivity contribution in [2.24, 2.45) is 5.73 Å². The molecular formula is C64H117N5O13S. The summed E-state index contributed by atoms with van der Waals surface area (Å²) in [6, 6.07) is -4.23. The third-order valence-corrected chi connectivity index (χ3v) is 16.1. The second kappa shape index (κ2) is 56.7. The van der Waals surface area contributed by atoms with Gasteiger partial charge in [-0.15, -0.1) is 0 Å². The summed E-state index contributed by atoms with van der Waals surface area (Å²) in [5, 5.41) is 28.5. The van der Waals surface area contributed by atoms with Gasteiger partial charge in [0.25, 0.3) is 0 Å². The number of hydrogen-bond donors (Lipinski definition) is 7. The van der Waals surface area contributed by atoms with Gasteiger partial charge in [-0.25, -0.2) is 4.79 Å². The molecule has 0 aromatic heterocycles. The van der Waals surface area contributed by atoms with Crippen LogP contribution in [-0.4, -0.2) is 113 Å². The molecule has 0 fully saturated rings. The Balaban J connectivity index is 5.83. The molecule has 0 aromatic carbocycles. The molecule has 19 heteroatoms. The number of nitrogens with two attached hydrogens (primary N) is 1. The number of amides is 5. The predicted octanol–water partition coefficient (Wildman–Crippen LogP) is 12.6. The molecule has 0 aliphatic heterocycles. The molecule has 0 rings (SSSR count). The van der Waals surface area contributed by atoms with Crippen molar-refractivity contribution in [3.8, 4) is 0 Å². The topological polar surface area (TPSA) is 287 Å². The number of carbonyl (C=O) groups excluding carboxylic acids is 7. The van der Waals surface area contributed by atoms with Crippen LogP contribution in [0, 0.1) is 0 Å². The number of carboxylic acid groups (broad SMARTS) is 2. The molecule has 482 valence electrons. The van der Waals surface area contributed by atoms with E-state index in [9.17, 15) is 48.3 Å². The quantitative estimate of drug-likeness (QED) is 0.0220. The Labute approximate surface area is 505 Å². The van der Waals surface area contributed by atoms with E-state index < -0.39 is 85.2 Å². The van der Waals surface area contributed by atoms with Gasteiger partial charge in [0.1, 0.15) is 30.8 Å². The van der Waals surface area contributed by atoms with Crippen molar-refractivity contribution in [3.63, 3.8) is 0 Å². The molecule has 0 saturated heterocycles. The van der Waals surface area contributed by atoms with Gasteiger partial charge >= 0.3 is 23.9 Å². The highest BCUT2D eigenvalue weighted by molar-refractivity contribution is 7.99. The molecule has 0 aliphatic rings. The number of carboxylic acids is 2. The molecule has 5 amide bonds. The monoisotopic (exact) mass is 1200 g/mol.